The smallest absolute Gasteiger partial charge is 0.122 e. The molecule has 0 fully saturated rings. The molecule has 0 N–H and O–H groups in total. The van der Waals surface area contributed by atoms with Crippen molar-refractivity contribution >= 4 is 0 Å². The highest BCUT2D eigenvalue weighted by Gasteiger charge is 2.09. The Labute approximate surface area is 83.1 Å². The van der Waals surface area contributed by atoms with E-state index in [9.17, 15) is 0 Å². The molecule has 0 aliphatic carbocycles. The van der Waals surface area contributed by atoms with Crippen LogP contribution in [0.5, 0.6) is 5.75 Å². The fourth-order valence-electron chi connectivity index (χ4n) is 1.30. The van der Waals surface area contributed by atoms with Gasteiger partial charge in [-0.1, -0.05) is 24.2 Å². The van der Waals surface area contributed by atoms with Gasteiger partial charge in [0.25, 0.3) is 0 Å². The molecule has 1 aromatic rings. The van der Waals surface area contributed by atoms with Gasteiger partial charge in [0.15, 0.2) is 0 Å². The van der Waals surface area contributed by atoms with E-state index in [4.69, 9.17) is 10.3 Å². The van der Waals surface area contributed by atoms with Gasteiger partial charge in [-0.05, 0) is 24.1 Å². The van der Waals surface area contributed by atoms with Crippen molar-refractivity contribution in [2.75, 3.05) is 7.11 Å². The van der Waals surface area contributed by atoms with E-state index < -0.39 is 0 Å². The average Bonchev–Trinajstić information content (AvgIpc) is 2.17. The minimum atomic E-state index is -0.199. The Morgan fingerprint density at radius 3 is 2.79 bits per heavy atom. The number of nitrogens with zero attached hydrogens (tertiary/aromatic N) is 3. The van der Waals surface area contributed by atoms with Crippen LogP contribution in [0, 0.1) is 6.92 Å². The number of methoxy groups -OCH3 is 1. The monoisotopic (exact) mass is 191 g/mol. The van der Waals surface area contributed by atoms with Crippen LogP contribution in [-0.4, -0.2) is 7.11 Å². The van der Waals surface area contributed by atoms with Crippen LogP contribution in [0.1, 0.15) is 24.1 Å². The summed E-state index contributed by atoms with van der Waals surface area (Å²) in [5.41, 5.74) is 10.4. The second-order valence-electron chi connectivity index (χ2n) is 3.13. The van der Waals surface area contributed by atoms with Gasteiger partial charge in [0.05, 0.1) is 13.2 Å². The molecule has 74 valence electrons. The van der Waals surface area contributed by atoms with Gasteiger partial charge >= 0.3 is 0 Å². The zero-order valence-electron chi connectivity index (χ0n) is 8.56. The van der Waals surface area contributed by atoms with Gasteiger partial charge in [0, 0.05) is 10.5 Å². The lowest BCUT2D eigenvalue weighted by atomic mass is 10.1. The topological polar surface area (TPSA) is 58.0 Å². The molecular formula is C10H13N3O. The molecule has 1 atom stereocenters. The molecular weight excluding hydrogens is 178 g/mol. The van der Waals surface area contributed by atoms with Crippen LogP contribution in [0.15, 0.2) is 23.3 Å². The molecule has 4 nitrogen and oxygen atoms in total. The van der Waals surface area contributed by atoms with Crippen LogP contribution in [0.25, 0.3) is 10.4 Å². The Hall–Kier alpha value is -1.67. The van der Waals surface area contributed by atoms with E-state index in [-0.39, 0.29) is 6.04 Å². The van der Waals surface area contributed by atoms with E-state index in [0.717, 1.165) is 16.9 Å². The Kier molecular flexibility index (Phi) is 3.37. The Morgan fingerprint density at radius 1 is 1.50 bits per heavy atom. The highest BCUT2D eigenvalue weighted by Crippen LogP contribution is 2.28. The van der Waals surface area contributed by atoms with Crippen molar-refractivity contribution in [2.24, 2.45) is 5.11 Å². The van der Waals surface area contributed by atoms with Crippen molar-refractivity contribution in [1.82, 2.24) is 0 Å². The van der Waals surface area contributed by atoms with Crippen LogP contribution in [0.3, 0.4) is 0 Å². The molecule has 0 saturated carbocycles. The molecule has 0 heterocycles. The Balaban J connectivity index is 3.13. The number of aryl methyl sites for hydroxylation is 1. The Bertz CT molecular complexity index is 370. The summed E-state index contributed by atoms with van der Waals surface area (Å²) in [7, 11) is 1.61. The summed E-state index contributed by atoms with van der Waals surface area (Å²) in [5, 5.41) is 3.63. The second-order valence-corrected chi connectivity index (χ2v) is 3.13. The summed E-state index contributed by atoms with van der Waals surface area (Å²) in [4.78, 5) is 2.78. The van der Waals surface area contributed by atoms with E-state index in [1.165, 1.54) is 0 Å². The lowest BCUT2D eigenvalue weighted by Crippen LogP contribution is -1.95. The van der Waals surface area contributed by atoms with Crippen LogP contribution in [0.4, 0.5) is 0 Å². The quantitative estimate of drug-likeness (QED) is 0.410. The van der Waals surface area contributed by atoms with Crippen LogP contribution in [0.2, 0.25) is 0 Å². The predicted molar refractivity (Wildman–Crippen MR) is 55.3 cm³/mol. The summed E-state index contributed by atoms with van der Waals surface area (Å²) < 4.78 is 5.21. The molecule has 0 bridgehead atoms. The fraction of sp³-hybridized carbons (Fsp3) is 0.400. The molecule has 4 heteroatoms. The largest absolute Gasteiger partial charge is 0.496 e. The van der Waals surface area contributed by atoms with Gasteiger partial charge in [-0.2, -0.15) is 0 Å². The van der Waals surface area contributed by atoms with E-state index >= 15 is 0 Å². The summed E-state index contributed by atoms with van der Waals surface area (Å²) >= 11 is 0. The predicted octanol–water partition coefficient (Wildman–Crippen LogP) is 3.37. The minimum Gasteiger partial charge on any atom is -0.496 e. The maximum atomic E-state index is 8.33. The lowest BCUT2D eigenvalue weighted by Gasteiger charge is -2.11. The number of hydrogen-bond acceptors (Lipinski definition) is 2. The summed E-state index contributed by atoms with van der Waals surface area (Å²) in [5.74, 6) is 0.768. The third kappa shape index (κ3) is 2.18. The van der Waals surface area contributed by atoms with Crippen molar-refractivity contribution in [1.29, 1.82) is 0 Å². The SMILES string of the molecule is COc1cc(C)ccc1[C@H](C)N=[N+]=[N-]. The van der Waals surface area contributed by atoms with Gasteiger partial charge in [0.2, 0.25) is 0 Å². The van der Waals surface area contributed by atoms with Gasteiger partial charge in [-0.15, -0.1) is 0 Å². The van der Waals surface area contributed by atoms with Crippen molar-refractivity contribution in [3.8, 4) is 5.75 Å². The number of azide groups is 1. The standard InChI is InChI=1S/C10H13N3O/c1-7-4-5-9(8(2)12-13-11)10(6-7)14-3/h4-6,8H,1-3H3/t8-/m0/s1. The van der Waals surface area contributed by atoms with Crippen LogP contribution >= 0.6 is 0 Å². The van der Waals surface area contributed by atoms with Crippen molar-refractivity contribution < 1.29 is 4.74 Å². The molecule has 0 saturated heterocycles. The maximum absolute atomic E-state index is 8.33. The van der Waals surface area contributed by atoms with Gasteiger partial charge in [0.1, 0.15) is 5.75 Å². The summed E-state index contributed by atoms with van der Waals surface area (Å²) in [6, 6.07) is 5.63. The first-order valence-corrected chi connectivity index (χ1v) is 4.37. The highest BCUT2D eigenvalue weighted by atomic mass is 16.5. The minimum absolute atomic E-state index is 0.199. The summed E-state index contributed by atoms with van der Waals surface area (Å²) in [6.07, 6.45) is 0. The van der Waals surface area contributed by atoms with Crippen molar-refractivity contribution in [3.05, 3.63) is 39.8 Å². The van der Waals surface area contributed by atoms with Gasteiger partial charge in [-0.3, -0.25) is 0 Å². The molecule has 0 aliphatic heterocycles. The van der Waals surface area contributed by atoms with Crippen molar-refractivity contribution in [3.63, 3.8) is 0 Å². The molecule has 1 rings (SSSR count). The third-order valence-corrected chi connectivity index (χ3v) is 2.06. The first-order chi connectivity index (χ1) is 6.69. The Morgan fingerprint density at radius 2 is 2.21 bits per heavy atom. The zero-order chi connectivity index (χ0) is 10.6. The molecule has 0 aromatic heterocycles. The molecule has 14 heavy (non-hydrogen) atoms. The molecule has 1 aromatic carbocycles. The zero-order valence-corrected chi connectivity index (χ0v) is 8.56. The number of rotatable bonds is 3. The van der Waals surface area contributed by atoms with Crippen LogP contribution < -0.4 is 4.74 Å². The first-order valence-electron chi connectivity index (χ1n) is 4.37. The summed E-state index contributed by atoms with van der Waals surface area (Å²) in [6.45, 7) is 3.83. The van der Waals surface area contributed by atoms with Gasteiger partial charge < -0.3 is 4.74 Å². The third-order valence-electron chi connectivity index (χ3n) is 2.06. The van der Waals surface area contributed by atoms with Crippen molar-refractivity contribution in [2.45, 2.75) is 19.9 Å². The number of ether oxygens (including phenoxy) is 1. The second kappa shape index (κ2) is 4.53. The molecule has 0 aliphatic rings. The molecule has 0 spiro atoms. The molecule has 0 radical (unpaired) electrons. The van der Waals surface area contributed by atoms with E-state index in [1.54, 1.807) is 7.11 Å². The highest BCUT2D eigenvalue weighted by molar-refractivity contribution is 5.39. The van der Waals surface area contributed by atoms with Gasteiger partial charge in [-0.25, -0.2) is 0 Å². The average molecular weight is 191 g/mol. The fourth-order valence-corrected chi connectivity index (χ4v) is 1.30. The van der Waals surface area contributed by atoms with E-state index in [1.807, 2.05) is 32.0 Å². The van der Waals surface area contributed by atoms with Crippen LogP contribution in [-0.2, 0) is 0 Å². The first kappa shape index (κ1) is 10.4. The maximum Gasteiger partial charge on any atom is 0.122 e. The molecule has 0 amide bonds. The number of hydrogen-bond donors (Lipinski definition) is 0. The number of benzene rings is 1. The normalized spacial score (nSPS) is 11.6. The van der Waals surface area contributed by atoms with E-state index in [0.29, 0.717) is 0 Å². The lowest BCUT2D eigenvalue weighted by molar-refractivity contribution is 0.406. The van der Waals surface area contributed by atoms with E-state index in [2.05, 4.69) is 10.0 Å². The molecule has 0 unspecified atom stereocenters.